The minimum absolute atomic E-state index is 0.0774. The molecule has 0 spiro atoms. The van der Waals surface area contributed by atoms with Gasteiger partial charge in [-0.25, -0.2) is 9.78 Å². The Labute approximate surface area is 208 Å². The summed E-state index contributed by atoms with van der Waals surface area (Å²) >= 11 is 1.54. The van der Waals surface area contributed by atoms with Gasteiger partial charge in [-0.1, -0.05) is 24.3 Å². The maximum atomic E-state index is 13.1. The van der Waals surface area contributed by atoms with Gasteiger partial charge in [-0.05, 0) is 51.5 Å². The van der Waals surface area contributed by atoms with Crippen LogP contribution in [0.1, 0.15) is 60.6 Å². The molecule has 1 N–H and O–H groups in total. The quantitative estimate of drug-likeness (QED) is 0.518. The zero-order valence-corrected chi connectivity index (χ0v) is 21.0. The number of aromatic nitrogens is 1. The summed E-state index contributed by atoms with van der Waals surface area (Å²) in [5, 5.41) is 4.02. The van der Waals surface area contributed by atoms with Gasteiger partial charge in [-0.2, -0.15) is 0 Å². The third-order valence-electron chi connectivity index (χ3n) is 5.99. The first kappa shape index (κ1) is 23.4. The average molecular weight is 492 g/mol. The van der Waals surface area contributed by atoms with Crippen molar-refractivity contribution in [2.45, 2.75) is 45.3 Å². The van der Waals surface area contributed by atoms with E-state index in [1.807, 2.05) is 63.2 Å². The summed E-state index contributed by atoms with van der Waals surface area (Å²) in [5.41, 5.74) is 2.93. The fraction of sp³-hybridized carbons (Fsp3) is 0.370. The van der Waals surface area contributed by atoms with Gasteiger partial charge in [0.1, 0.15) is 16.4 Å². The van der Waals surface area contributed by atoms with Gasteiger partial charge in [-0.3, -0.25) is 4.79 Å². The van der Waals surface area contributed by atoms with E-state index in [1.54, 1.807) is 4.90 Å². The van der Waals surface area contributed by atoms with Gasteiger partial charge in [0, 0.05) is 29.7 Å². The smallest absolute Gasteiger partial charge is 0.410 e. The number of hydrogen-bond donors (Lipinski definition) is 1. The second-order valence-electron chi connectivity index (χ2n) is 9.82. The molecule has 2 aliphatic heterocycles. The maximum Gasteiger partial charge on any atom is 0.410 e. The zero-order chi connectivity index (χ0) is 24.6. The molecule has 1 aromatic heterocycles. The Morgan fingerprint density at radius 3 is 2.86 bits per heavy atom. The third-order valence-corrected chi connectivity index (χ3v) is 7.09. The summed E-state index contributed by atoms with van der Waals surface area (Å²) in [4.78, 5) is 32.1. The molecule has 2 amide bonds. The lowest BCUT2D eigenvalue weighted by molar-refractivity contribution is 0.0273. The highest BCUT2D eigenvalue weighted by atomic mass is 32.1. The molecule has 8 heteroatoms. The van der Waals surface area contributed by atoms with Crippen molar-refractivity contribution < 1.29 is 19.1 Å². The van der Waals surface area contributed by atoms with Crippen LogP contribution in [0.3, 0.4) is 0 Å². The van der Waals surface area contributed by atoms with Crippen LogP contribution in [0, 0.1) is 0 Å². The Hall–Kier alpha value is -3.39. The standard InChI is InChI=1S/C27H29N3O4S/c1-27(2,3)34-26(32)30-13-6-7-18(16-30)25-29-21-11-10-17(15-23(21)35-25)24(31)28-20-12-14-33-22-9-5-4-8-19(20)22/h4-5,7-11,15,20H,6,12-14,16H2,1-3H3,(H,28,31). The van der Waals surface area contributed by atoms with Crippen molar-refractivity contribution in [3.63, 3.8) is 0 Å². The molecule has 1 unspecified atom stereocenters. The molecule has 5 rings (SSSR count). The van der Waals surface area contributed by atoms with Gasteiger partial charge in [-0.15, -0.1) is 11.3 Å². The zero-order valence-electron chi connectivity index (χ0n) is 20.2. The van der Waals surface area contributed by atoms with Crippen molar-refractivity contribution in [1.82, 2.24) is 15.2 Å². The van der Waals surface area contributed by atoms with E-state index in [9.17, 15) is 9.59 Å². The molecule has 0 fully saturated rings. The Morgan fingerprint density at radius 1 is 1.20 bits per heavy atom. The number of hydrogen-bond acceptors (Lipinski definition) is 6. The molecule has 0 aliphatic carbocycles. The molecule has 182 valence electrons. The Morgan fingerprint density at radius 2 is 2.03 bits per heavy atom. The molecule has 3 heterocycles. The maximum absolute atomic E-state index is 13.1. The van der Waals surface area contributed by atoms with Crippen LogP contribution in [-0.4, -0.2) is 47.2 Å². The largest absolute Gasteiger partial charge is 0.493 e. The average Bonchev–Trinajstić information content (AvgIpc) is 3.27. The van der Waals surface area contributed by atoms with E-state index in [-0.39, 0.29) is 18.0 Å². The molecule has 2 aromatic carbocycles. The van der Waals surface area contributed by atoms with Gasteiger partial charge in [0.2, 0.25) is 0 Å². The number of para-hydroxylation sites is 1. The van der Waals surface area contributed by atoms with Crippen LogP contribution >= 0.6 is 11.3 Å². The first-order chi connectivity index (χ1) is 16.8. The molecular weight excluding hydrogens is 462 g/mol. The third kappa shape index (κ3) is 5.17. The summed E-state index contributed by atoms with van der Waals surface area (Å²) in [7, 11) is 0. The van der Waals surface area contributed by atoms with Crippen LogP contribution in [0.2, 0.25) is 0 Å². The predicted molar refractivity (Wildman–Crippen MR) is 137 cm³/mol. The molecule has 1 atom stereocenters. The van der Waals surface area contributed by atoms with E-state index in [4.69, 9.17) is 14.5 Å². The van der Waals surface area contributed by atoms with Crippen molar-refractivity contribution >= 4 is 39.1 Å². The molecule has 0 saturated carbocycles. The number of thiazole rings is 1. The lowest BCUT2D eigenvalue weighted by Gasteiger charge is -2.29. The fourth-order valence-corrected chi connectivity index (χ4v) is 5.35. The van der Waals surface area contributed by atoms with E-state index in [1.165, 1.54) is 11.3 Å². The molecule has 2 aliphatic rings. The molecule has 3 aromatic rings. The van der Waals surface area contributed by atoms with Gasteiger partial charge in [0.25, 0.3) is 5.91 Å². The Kier molecular flexibility index (Phi) is 6.23. The summed E-state index contributed by atoms with van der Waals surface area (Å²) in [5.74, 6) is 0.712. The van der Waals surface area contributed by atoms with Gasteiger partial charge < -0.3 is 19.7 Å². The number of carbonyl (C=O) groups is 2. The Balaban J connectivity index is 1.31. The molecule has 35 heavy (non-hydrogen) atoms. The molecule has 0 radical (unpaired) electrons. The van der Waals surface area contributed by atoms with Crippen molar-refractivity contribution in [2.75, 3.05) is 19.7 Å². The number of benzene rings is 2. The summed E-state index contributed by atoms with van der Waals surface area (Å²) in [6.45, 7) is 7.28. The van der Waals surface area contributed by atoms with Crippen LogP contribution in [0.5, 0.6) is 5.75 Å². The molecule has 0 saturated heterocycles. The van der Waals surface area contributed by atoms with Gasteiger partial charge in [0.05, 0.1) is 29.4 Å². The number of nitrogens with zero attached hydrogens (tertiary/aromatic N) is 2. The van der Waals surface area contributed by atoms with E-state index in [2.05, 4.69) is 11.4 Å². The minimum atomic E-state index is -0.530. The number of ether oxygens (including phenoxy) is 2. The topological polar surface area (TPSA) is 80.8 Å². The van der Waals surface area contributed by atoms with Crippen molar-refractivity contribution in [3.05, 3.63) is 64.7 Å². The SMILES string of the molecule is CC(C)(C)OC(=O)N1CCC=C(c2nc3ccc(C(=O)NC4CCOc5ccccc54)cc3s2)C1. The first-order valence-electron chi connectivity index (χ1n) is 11.9. The summed E-state index contributed by atoms with van der Waals surface area (Å²) in [6.07, 6.45) is 3.32. The monoisotopic (exact) mass is 491 g/mol. The highest BCUT2D eigenvalue weighted by Gasteiger charge is 2.26. The molecule has 7 nitrogen and oxygen atoms in total. The van der Waals surface area contributed by atoms with Crippen molar-refractivity contribution in [2.24, 2.45) is 0 Å². The second kappa shape index (κ2) is 9.34. The molecule has 0 bridgehead atoms. The lowest BCUT2D eigenvalue weighted by atomic mass is 10.00. The van der Waals surface area contributed by atoms with E-state index in [0.717, 1.165) is 45.0 Å². The van der Waals surface area contributed by atoms with Crippen LogP contribution in [0.25, 0.3) is 15.8 Å². The number of amides is 2. The number of carbonyl (C=O) groups excluding carboxylic acids is 2. The fourth-order valence-electron chi connectivity index (χ4n) is 4.32. The first-order valence-corrected chi connectivity index (χ1v) is 12.7. The van der Waals surface area contributed by atoms with Crippen LogP contribution < -0.4 is 10.1 Å². The van der Waals surface area contributed by atoms with Crippen LogP contribution in [-0.2, 0) is 4.74 Å². The Bertz CT molecular complexity index is 1310. The highest BCUT2D eigenvalue weighted by molar-refractivity contribution is 7.19. The minimum Gasteiger partial charge on any atom is -0.493 e. The van der Waals surface area contributed by atoms with Crippen molar-refractivity contribution in [3.8, 4) is 5.75 Å². The normalized spacial score (nSPS) is 17.9. The number of rotatable bonds is 3. The van der Waals surface area contributed by atoms with Gasteiger partial charge in [0.15, 0.2) is 0 Å². The van der Waals surface area contributed by atoms with Crippen LogP contribution in [0.4, 0.5) is 4.79 Å². The number of fused-ring (bicyclic) bond motifs is 2. The van der Waals surface area contributed by atoms with Gasteiger partial charge >= 0.3 is 6.09 Å². The lowest BCUT2D eigenvalue weighted by Crippen LogP contribution is -2.39. The second-order valence-corrected chi connectivity index (χ2v) is 10.9. The summed E-state index contributed by atoms with van der Waals surface area (Å²) in [6, 6.07) is 13.3. The van der Waals surface area contributed by atoms with Crippen LogP contribution in [0.15, 0.2) is 48.5 Å². The highest BCUT2D eigenvalue weighted by Crippen LogP contribution is 2.33. The predicted octanol–water partition coefficient (Wildman–Crippen LogP) is 5.57. The van der Waals surface area contributed by atoms with E-state index >= 15 is 0 Å². The molecular formula is C27H29N3O4S. The summed E-state index contributed by atoms with van der Waals surface area (Å²) < 4.78 is 12.2. The van der Waals surface area contributed by atoms with E-state index < -0.39 is 5.60 Å². The van der Waals surface area contributed by atoms with Crippen molar-refractivity contribution in [1.29, 1.82) is 0 Å². The number of nitrogens with one attached hydrogen (secondary N) is 1. The van der Waals surface area contributed by atoms with E-state index in [0.29, 0.717) is 25.3 Å².